The molecule has 0 aromatic heterocycles. The van der Waals surface area contributed by atoms with Crippen molar-refractivity contribution >= 4 is 20.2 Å². The van der Waals surface area contributed by atoms with E-state index in [1.165, 1.54) is 24.3 Å². The van der Waals surface area contributed by atoms with Crippen LogP contribution in [0.2, 0.25) is 0 Å². The first-order valence-electron chi connectivity index (χ1n) is 9.64. The molecule has 8 heteroatoms. The molecule has 0 N–H and O–H groups in total. The van der Waals surface area contributed by atoms with Gasteiger partial charge in [0.05, 0.1) is 23.0 Å². The summed E-state index contributed by atoms with van der Waals surface area (Å²) in [5, 5.41) is 0. The largest absolute Gasteiger partial charge is 0.296 e. The van der Waals surface area contributed by atoms with Gasteiger partial charge in [0.2, 0.25) is 0 Å². The van der Waals surface area contributed by atoms with Crippen molar-refractivity contribution in [2.24, 2.45) is 5.41 Å². The molecule has 160 valence electrons. The second kappa shape index (κ2) is 10.3. The number of hydrogen-bond donors (Lipinski definition) is 0. The fourth-order valence-electron chi connectivity index (χ4n) is 2.83. The molecule has 0 fully saturated rings. The third kappa shape index (κ3) is 6.64. The van der Waals surface area contributed by atoms with Gasteiger partial charge in [-0.25, -0.2) is 0 Å². The lowest BCUT2D eigenvalue weighted by Crippen LogP contribution is -2.34. The van der Waals surface area contributed by atoms with Crippen LogP contribution < -0.4 is 0 Å². The summed E-state index contributed by atoms with van der Waals surface area (Å²) >= 11 is 0. The van der Waals surface area contributed by atoms with E-state index >= 15 is 0 Å². The first kappa shape index (κ1) is 23.5. The summed E-state index contributed by atoms with van der Waals surface area (Å²) < 4.78 is 60.7. The van der Waals surface area contributed by atoms with Gasteiger partial charge in [-0.2, -0.15) is 16.8 Å². The first-order valence-corrected chi connectivity index (χ1v) is 12.5. The summed E-state index contributed by atoms with van der Waals surface area (Å²) in [4.78, 5) is 0.136. The van der Waals surface area contributed by atoms with Crippen molar-refractivity contribution in [3.63, 3.8) is 0 Å². The van der Waals surface area contributed by atoms with Gasteiger partial charge in [-0.3, -0.25) is 8.37 Å². The number of benzene rings is 2. The Labute approximate surface area is 174 Å². The van der Waals surface area contributed by atoms with E-state index in [4.69, 9.17) is 8.37 Å². The molecule has 0 bridgehead atoms. The molecule has 0 unspecified atom stereocenters. The third-order valence-corrected chi connectivity index (χ3v) is 7.47. The Hall–Kier alpha value is -1.74. The molecular weight excluding hydrogens is 412 g/mol. The summed E-state index contributed by atoms with van der Waals surface area (Å²) in [5.41, 5.74) is -0.736. The summed E-state index contributed by atoms with van der Waals surface area (Å²) in [5.74, 6) is 0. The van der Waals surface area contributed by atoms with Gasteiger partial charge in [-0.1, -0.05) is 63.1 Å². The van der Waals surface area contributed by atoms with Crippen molar-refractivity contribution in [1.29, 1.82) is 0 Å². The van der Waals surface area contributed by atoms with Crippen LogP contribution in [0.15, 0.2) is 70.5 Å². The topological polar surface area (TPSA) is 86.7 Å². The summed E-state index contributed by atoms with van der Waals surface area (Å²) in [7, 11) is -7.88. The van der Waals surface area contributed by atoms with E-state index in [9.17, 15) is 16.8 Å². The lowest BCUT2D eigenvalue weighted by Gasteiger charge is -2.31. The van der Waals surface area contributed by atoms with Gasteiger partial charge >= 0.3 is 0 Å². The summed E-state index contributed by atoms with van der Waals surface area (Å²) in [6, 6.07) is 15.8. The lowest BCUT2D eigenvalue weighted by atomic mass is 9.82. The van der Waals surface area contributed by atoms with Crippen LogP contribution in [0, 0.1) is 5.41 Å². The molecule has 0 aliphatic carbocycles. The van der Waals surface area contributed by atoms with Crippen molar-refractivity contribution in [2.45, 2.75) is 49.3 Å². The second-order valence-corrected chi connectivity index (χ2v) is 10.2. The Morgan fingerprint density at radius 3 is 1.48 bits per heavy atom. The summed E-state index contributed by atoms with van der Waals surface area (Å²) in [6.07, 6.45) is 2.80. The Bertz CT molecular complexity index is 881. The monoisotopic (exact) mass is 440 g/mol. The normalized spacial score (nSPS) is 12.8. The van der Waals surface area contributed by atoms with Crippen LogP contribution in [0.3, 0.4) is 0 Å². The van der Waals surface area contributed by atoms with Crippen LogP contribution in [0.4, 0.5) is 0 Å². The Morgan fingerprint density at radius 2 is 1.14 bits per heavy atom. The average Bonchev–Trinajstić information content (AvgIpc) is 2.75. The predicted molar refractivity (Wildman–Crippen MR) is 111 cm³/mol. The number of unbranched alkanes of at least 4 members (excludes halogenated alkanes) is 1. The third-order valence-electron chi connectivity index (χ3n) is 4.91. The molecule has 0 amide bonds. The van der Waals surface area contributed by atoms with Gasteiger partial charge in [0.1, 0.15) is 0 Å². The van der Waals surface area contributed by atoms with Gasteiger partial charge in [0.25, 0.3) is 20.2 Å². The van der Waals surface area contributed by atoms with E-state index in [1.807, 2.05) is 13.8 Å². The van der Waals surface area contributed by atoms with Crippen molar-refractivity contribution in [1.82, 2.24) is 0 Å². The minimum atomic E-state index is -3.94. The minimum absolute atomic E-state index is 0.0679. The lowest BCUT2D eigenvalue weighted by molar-refractivity contribution is 0.0699. The Balaban J connectivity index is 2.17. The van der Waals surface area contributed by atoms with Crippen LogP contribution in [-0.4, -0.2) is 30.0 Å². The van der Waals surface area contributed by atoms with Crippen molar-refractivity contribution < 1.29 is 25.2 Å². The second-order valence-electron chi connectivity index (χ2n) is 7.02. The highest BCUT2D eigenvalue weighted by Gasteiger charge is 2.33. The maximum absolute atomic E-state index is 12.5. The fraction of sp³-hybridized carbons (Fsp3) is 0.429. The molecule has 0 saturated carbocycles. The minimum Gasteiger partial charge on any atom is -0.266 e. The van der Waals surface area contributed by atoms with Crippen LogP contribution in [0.5, 0.6) is 0 Å². The highest BCUT2D eigenvalue weighted by Crippen LogP contribution is 2.32. The van der Waals surface area contributed by atoms with E-state index in [2.05, 4.69) is 0 Å². The molecule has 2 aromatic rings. The molecular formula is C21H28O6S2. The van der Waals surface area contributed by atoms with E-state index in [-0.39, 0.29) is 23.0 Å². The Kier molecular flexibility index (Phi) is 8.39. The van der Waals surface area contributed by atoms with Gasteiger partial charge in [0.15, 0.2) is 0 Å². The molecule has 2 aromatic carbocycles. The molecule has 0 saturated heterocycles. The Morgan fingerprint density at radius 1 is 0.724 bits per heavy atom. The maximum atomic E-state index is 12.5. The van der Waals surface area contributed by atoms with E-state index in [0.29, 0.717) is 12.8 Å². The SMILES string of the molecule is CCCCC(CC)(COS(=O)(=O)c1ccccc1)COS(=O)(=O)c1ccccc1. The van der Waals surface area contributed by atoms with Crippen LogP contribution in [-0.2, 0) is 28.6 Å². The molecule has 2 rings (SSSR count). The molecule has 0 spiro atoms. The maximum Gasteiger partial charge on any atom is 0.296 e. The van der Waals surface area contributed by atoms with Crippen LogP contribution in [0.25, 0.3) is 0 Å². The zero-order valence-electron chi connectivity index (χ0n) is 16.8. The average molecular weight is 441 g/mol. The summed E-state index contributed by atoms with van der Waals surface area (Å²) in [6.45, 7) is 3.60. The molecule has 0 atom stereocenters. The molecule has 29 heavy (non-hydrogen) atoms. The van der Waals surface area contributed by atoms with Crippen LogP contribution >= 0.6 is 0 Å². The smallest absolute Gasteiger partial charge is 0.266 e. The zero-order valence-corrected chi connectivity index (χ0v) is 18.4. The molecule has 0 radical (unpaired) electrons. The van der Waals surface area contributed by atoms with E-state index in [0.717, 1.165) is 12.8 Å². The molecule has 0 heterocycles. The molecule has 0 aliphatic heterocycles. The zero-order chi connectivity index (χ0) is 21.4. The predicted octanol–water partition coefficient (Wildman–Crippen LogP) is 4.38. The van der Waals surface area contributed by atoms with E-state index < -0.39 is 25.7 Å². The number of rotatable bonds is 12. The number of hydrogen-bond acceptors (Lipinski definition) is 6. The van der Waals surface area contributed by atoms with Crippen molar-refractivity contribution in [2.75, 3.05) is 13.2 Å². The highest BCUT2D eigenvalue weighted by molar-refractivity contribution is 7.87. The molecule has 6 nitrogen and oxygen atoms in total. The van der Waals surface area contributed by atoms with Crippen molar-refractivity contribution in [3.8, 4) is 0 Å². The van der Waals surface area contributed by atoms with Crippen LogP contribution in [0.1, 0.15) is 39.5 Å². The van der Waals surface area contributed by atoms with Gasteiger partial charge in [-0.15, -0.1) is 0 Å². The standard InChI is InChI=1S/C21H28O6S2/c1-3-5-16-21(4-2,17-26-28(22,23)19-12-8-6-9-13-19)18-27-29(24,25)20-14-10-7-11-15-20/h6-15H,3-5,16-18H2,1-2H3. The fourth-order valence-corrected chi connectivity index (χ4v) is 4.90. The first-order chi connectivity index (χ1) is 13.7. The highest BCUT2D eigenvalue weighted by atomic mass is 32.2. The van der Waals surface area contributed by atoms with E-state index in [1.54, 1.807) is 36.4 Å². The quantitative estimate of drug-likeness (QED) is 0.455. The van der Waals surface area contributed by atoms with Gasteiger partial charge in [0, 0.05) is 5.41 Å². The van der Waals surface area contributed by atoms with Gasteiger partial charge < -0.3 is 0 Å². The van der Waals surface area contributed by atoms with Gasteiger partial charge in [-0.05, 0) is 37.1 Å². The molecule has 0 aliphatic rings. The van der Waals surface area contributed by atoms with Crippen molar-refractivity contribution in [3.05, 3.63) is 60.7 Å².